The molecule has 0 radical (unpaired) electrons. The summed E-state index contributed by atoms with van der Waals surface area (Å²) in [6.45, 7) is 4.50. The first kappa shape index (κ1) is 41.0. The van der Waals surface area contributed by atoms with Crippen molar-refractivity contribution in [1.29, 1.82) is 0 Å². The van der Waals surface area contributed by atoms with Gasteiger partial charge >= 0.3 is 0 Å². The molecule has 2 aliphatic rings. The van der Waals surface area contributed by atoms with Crippen LogP contribution in [0, 0.1) is 0 Å². The standard InChI is InChI=1S/C26H41NOS.C14H21NOS.CH4/c1-2-3-4-5-8-15-22-16-13-14-21-25(22)28-26(29)27(23-17-9-6-10-18-23)24-19-11-7-12-20-24;1-2-3-4-5-6-9-12-10-7-8-11-13(12)16-14(15)17;/h13-14,16,21,23-24H,2-12,15,17-20H2,1H3;7-8,10-11H,2-6,9H2,1H3,(H2,15,17);1H4. The van der Waals surface area contributed by atoms with E-state index in [9.17, 15) is 0 Å². The number of ether oxygens (including phenoxy) is 2. The molecule has 0 atom stereocenters. The molecule has 0 unspecified atom stereocenters. The van der Waals surface area contributed by atoms with Crippen LogP contribution < -0.4 is 15.2 Å². The first-order valence-corrected chi connectivity index (χ1v) is 19.5. The molecule has 47 heavy (non-hydrogen) atoms. The largest absolute Gasteiger partial charge is 0.432 e. The van der Waals surface area contributed by atoms with Crippen LogP contribution in [-0.4, -0.2) is 27.3 Å². The van der Waals surface area contributed by atoms with Gasteiger partial charge in [0.2, 0.25) is 0 Å². The SMILES string of the molecule is C.CCCCCCCc1ccccc1OC(=S)N(C1CCCCC1)C1CCCCC1.CCCCCCCc1ccccc1OC(N)=S. The molecule has 2 N–H and O–H groups in total. The van der Waals surface area contributed by atoms with Crippen molar-refractivity contribution in [3.8, 4) is 11.5 Å². The number of para-hydroxylation sites is 2. The lowest BCUT2D eigenvalue weighted by molar-refractivity contribution is 0.140. The van der Waals surface area contributed by atoms with Crippen molar-refractivity contribution < 1.29 is 9.47 Å². The molecule has 2 aliphatic carbocycles. The fourth-order valence-electron chi connectivity index (χ4n) is 7.03. The smallest absolute Gasteiger partial charge is 0.265 e. The minimum Gasteiger partial charge on any atom is -0.432 e. The van der Waals surface area contributed by atoms with E-state index in [1.807, 2.05) is 18.2 Å². The highest BCUT2D eigenvalue weighted by atomic mass is 32.1. The van der Waals surface area contributed by atoms with Crippen LogP contribution in [0.2, 0.25) is 0 Å². The van der Waals surface area contributed by atoms with Gasteiger partial charge in [-0.15, -0.1) is 0 Å². The van der Waals surface area contributed by atoms with Gasteiger partial charge in [-0.2, -0.15) is 0 Å². The molecule has 2 aromatic rings. The average Bonchev–Trinajstić information content (AvgIpc) is 3.07. The van der Waals surface area contributed by atoms with Gasteiger partial charge in [-0.3, -0.25) is 0 Å². The van der Waals surface area contributed by atoms with Crippen molar-refractivity contribution in [1.82, 2.24) is 4.90 Å². The van der Waals surface area contributed by atoms with Crippen LogP contribution in [0.4, 0.5) is 0 Å². The molecule has 0 aliphatic heterocycles. The number of nitrogens with zero attached hydrogens (tertiary/aromatic N) is 1. The zero-order valence-corrected chi connectivity index (χ0v) is 30.6. The minimum absolute atomic E-state index is 0. The first-order chi connectivity index (χ1) is 22.5. The highest BCUT2D eigenvalue weighted by Crippen LogP contribution is 2.32. The van der Waals surface area contributed by atoms with E-state index in [4.69, 9.17) is 39.6 Å². The molecular formula is C41H66N2O2S2. The molecule has 0 amide bonds. The van der Waals surface area contributed by atoms with Crippen molar-refractivity contribution in [3.05, 3.63) is 59.7 Å². The molecule has 0 bridgehead atoms. The maximum atomic E-state index is 6.45. The zero-order chi connectivity index (χ0) is 32.8. The summed E-state index contributed by atoms with van der Waals surface area (Å²) < 4.78 is 11.8. The summed E-state index contributed by atoms with van der Waals surface area (Å²) in [5.41, 5.74) is 7.91. The van der Waals surface area contributed by atoms with Crippen LogP contribution in [0.5, 0.6) is 11.5 Å². The molecular weight excluding hydrogens is 617 g/mol. The lowest BCUT2D eigenvalue weighted by atomic mass is 9.89. The Balaban J connectivity index is 0.000000366. The molecule has 0 aromatic heterocycles. The lowest BCUT2D eigenvalue weighted by Crippen LogP contribution is -2.49. The first-order valence-electron chi connectivity index (χ1n) is 18.7. The van der Waals surface area contributed by atoms with Gasteiger partial charge in [-0.25, -0.2) is 0 Å². The Hall–Kier alpha value is -2.18. The van der Waals surface area contributed by atoms with Gasteiger partial charge in [0.05, 0.1) is 0 Å². The summed E-state index contributed by atoms with van der Waals surface area (Å²) in [4.78, 5) is 2.53. The van der Waals surface area contributed by atoms with Crippen LogP contribution >= 0.6 is 24.4 Å². The highest BCUT2D eigenvalue weighted by Gasteiger charge is 2.32. The van der Waals surface area contributed by atoms with Gasteiger partial charge in [-0.05, 0) is 99.1 Å². The monoisotopic (exact) mass is 682 g/mol. The predicted octanol–water partition coefficient (Wildman–Crippen LogP) is 12.3. The Labute approximate surface area is 299 Å². The number of rotatable bonds is 16. The second-order valence-electron chi connectivity index (χ2n) is 13.3. The topological polar surface area (TPSA) is 47.7 Å². The molecule has 2 saturated carbocycles. The minimum atomic E-state index is 0. The van der Waals surface area contributed by atoms with Crippen LogP contribution in [-0.2, 0) is 12.8 Å². The second kappa shape index (κ2) is 24.9. The third kappa shape index (κ3) is 15.7. The molecule has 4 nitrogen and oxygen atoms in total. The third-order valence-electron chi connectivity index (χ3n) is 9.60. The third-order valence-corrected chi connectivity index (χ3v) is 9.98. The fourth-order valence-corrected chi connectivity index (χ4v) is 7.51. The number of unbranched alkanes of at least 4 members (excludes halogenated alkanes) is 8. The summed E-state index contributed by atoms with van der Waals surface area (Å²) in [6, 6.07) is 17.7. The molecule has 2 aromatic carbocycles. The van der Waals surface area contributed by atoms with Crippen LogP contribution in [0.25, 0.3) is 0 Å². The van der Waals surface area contributed by atoms with Gasteiger partial charge < -0.3 is 20.1 Å². The summed E-state index contributed by atoms with van der Waals surface area (Å²) in [6.07, 6.45) is 28.3. The number of hydrogen-bond donors (Lipinski definition) is 1. The quantitative estimate of drug-likeness (QED) is 0.140. The van der Waals surface area contributed by atoms with Crippen LogP contribution in [0.1, 0.15) is 161 Å². The van der Waals surface area contributed by atoms with Gasteiger partial charge in [-0.1, -0.05) is 148 Å². The predicted molar refractivity (Wildman–Crippen MR) is 211 cm³/mol. The Morgan fingerprint density at radius 3 is 1.45 bits per heavy atom. The van der Waals surface area contributed by atoms with Crippen LogP contribution in [0.15, 0.2) is 48.5 Å². The highest BCUT2D eigenvalue weighted by molar-refractivity contribution is 7.80. The van der Waals surface area contributed by atoms with Gasteiger partial charge in [0.15, 0.2) is 0 Å². The zero-order valence-electron chi connectivity index (χ0n) is 29.0. The van der Waals surface area contributed by atoms with Crippen molar-refractivity contribution in [3.63, 3.8) is 0 Å². The van der Waals surface area contributed by atoms with Crippen LogP contribution in [0.3, 0.4) is 0 Å². The molecule has 0 spiro atoms. The second-order valence-corrected chi connectivity index (χ2v) is 14.1. The summed E-state index contributed by atoms with van der Waals surface area (Å²) >= 11 is 10.7. The van der Waals surface area contributed by atoms with E-state index in [-0.39, 0.29) is 12.6 Å². The number of thiocarbonyl (C=S) groups is 2. The molecule has 6 heteroatoms. The summed E-state index contributed by atoms with van der Waals surface area (Å²) in [5.74, 6) is 1.79. The Morgan fingerprint density at radius 2 is 1.02 bits per heavy atom. The maximum Gasteiger partial charge on any atom is 0.265 e. The van der Waals surface area contributed by atoms with E-state index < -0.39 is 0 Å². The fraction of sp³-hybridized carbons (Fsp3) is 0.659. The molecule has 264 valence electrons. The molecule has 4 rings (SSSR count). The van der Waals surface area contributed by atoms with E-state index in [0.29, 0.717) is 12.1 Å². The van der Waals surface area contributed by atoms with Gasteiger partial charge in [0.1, 0.15) is 11.5 Å². The number of benzene rings is 2. The Morgan fingerprint density at radius 1 is 0.617 bits per heavy atom. The van der Waals surface area contributed by atoms with Gasteiger partial charge in [0.25, 0.3) is 10.3 Å². The van der Waals surface area contributed by atoms with Crippen molar-refractivity contribution >= 4 is 34.8 Å². The number of aryl methyl sites for hydroxylation is 2. The number of hydrogen-bond acceptors (Lipinski definition) is 4. The lowest BCUT2D eigenvalue weighted by Gasteiger charge is -2.42. The van der Waals surface area contributed by atoms with E-state index in [0.717, 1.165) is 29.5 Å². The Kier molecular flexibility index (Phi) is 21.7. The average molecular weight is 683 g/mol. The van der Waals surface area contributed by atoms with Crippen molar-refractivity contribution in [2.45, 2.75) is 175 Å². The van der Waals surface area contributed by atoms with E-state index in [1.54, 1.807) is 0 Å². The van der Waals surface area contributed by atoms with E-state index >= 15 is 0 Å². The van der Waals surface area contributed by atoms with Crippen molar-refractivity contribution in [2.75, 3.05) is 0 Å². The molecule has 2 fully saturated rings. The maximum absolute atomic E-state index is 6.45. The summed E-state index contributed by atoms with van der Waals surface area (Å²) in [5, 5.41) is 0.825. The van der Waals surface area contributed by atoms with E-state index in [2.05, 4.69) is 49.1 Å². The molecule has 0 saturated heterocycles. The normalized spacial score (nSPS) is 15.1. The summed E-state index contributed by atoms with van der Waals surface area (Å²) in [7, 11) is 0. The van der Waals surface area contributed by atoms with Crippen molar-refractivity contribution in [2.24, 2.45) is 5.73 Å². The molecule has 0 heterocycles. The Bertz CT molecular complexity index is 1110. The number of nitrogens with two attached hydrogens (primary N) is 1. The van der Waals surface area contributed by atoms with E-state index in [1.165, 1.54) is 140 Å². The van der Waals surface area contributed by atoms with Gasteiger partial charge in [0, 0.05) is 12.1 Å².